The number of hydrogen-bond donors (Lipinski definition) is 0. The van der Waals surface area contributed by atoms with Crippen molar-refractivity contribution in [2.75, 3.05) is 27.9 Å². The number of amides is 1. The summed E-state index contributed by atoms with van der Waals surface area (Å²) < 4.78 is 15.5. The number of para-hydroxylation sites is 1. The molecule has 0 atom stereocenters. The number of carbonyl (C=O) groups excluding carboxylic acids is 2. The zero-order valence-electron chi connectivity index (χ0n) is 17.2. The molecule has 1 aliphatic rings. The highest BCUT2D eigenvalue weighted by molar-refractivity contribution is 8.18. The van der Waals surface area contributed by atoms with Crippen molar-refractivity contribution in [3.05, 3.63) is 58.5 Å². The fourth-order valence-electron chi connectivity index (χ4n) is 2.94. The van der Waals surface area contributed by atoms with Gasteiger partial charge < -0.3 is 14.2 Å². The summed E-state index contributed by atoms with van der Waals surface area (Å²) >= 11 is 1.29. The lowest BCUT2D eigenvalue weighted by molar-refractivity contribution is -0.122. The van der Waals surface area contributed by atoms with Crippen LogP contribution in [0.25, 0.3) is 6.08 Å². The summed E-state index contributed by atoms with van der Waals surface area (Å²) in [6, 6.07) is 12.2. The van der Waals surface area contributed by atoms with Crippen LogP contribution in [0.4, 0.5) is 5.69 Å². The highest BCUT2D eigenvalue weighted by atomic mass is 32.2. The maximum absolute atomic E-state index is 12.9. The molecular formula is C22H22N2O5S. The van der Waals surface area contributed by atoms with E-state index in [1.165, 1.54) is 18.9 Å². The van der Waals surface area contributed by atoms with Crippen molar-refractivity contribution in [3.63, 3.8) is 0 Å². The van der Waals surface area contributed by atoms with Gasteiger partial charge in [0.2, 0.25) is 0 Å². The molecule has 0 bridgehead atoms. The van der Waals surface area contributed by atoms with E-state index < -0.39 is 5.97 Å². The van der Waals surface area contributed by atoms with E-state index in [0.29, 0.717) is 39.4 Å². The summed E-state index contributed by atoms with van der Waals surface area (Å²) in [5.41, 5.74) is 1.82. The largest absolute Gasteiger partial charge is 0.493 e. The van der Waals surface area contributed by atoms with Gasteiger partial charge in [-0.2, -0.15) is 0 Å². The lowest BCUT2D eigenvalue weighted by atomic mass is 10.1. The molecule has 0 radical (unpaired) electrons. The van der Waals surface area contributed by atoms with Crippen molar-refractivity contribution in [3.8, 4) is 11.5 Å². The van der Waals surface area contributed by atoms with Crippen LogP contribution in [-0.2, 0) is 9.53 Å². The van der Waals surface area contributed by atoms with Gasteiger partial charge in [0.15, 0.2) is 16.7 Å². The van der Waals surface area contributed by atoms with Crippen molar-refractivity contribution < 1.29 is 23.8 Å². The number of rotatable bonds is 6. The third-order valence-corrected chi connectivity index (χ3v) is 5.44. The number of hydrogen-bond acceptors (Lipinski definition) is 7. The van der Waals surface area contributed by atoms with Gasteiger partial charge in [-0.25, -0.2) is 9.79 Å². The molecule has 2 aromatic rings. The molecule has 1 saturated heterocycles. The molecule has 1 heterocycles. The molecule has 0 saturated carbocycles. The summed E-state index contributed by atoms with van der Waals surface area (Å²) in [7, 11) is 4.47. The minimum atomic E-state index is -0.410. The fraction of sp³-hybridized carbons (Fsp3) is 0.227. The van der Waals surface area contributed by atoms with Crippen LogP contribution < -0.4 is 9.47 Å². The van der Waals surface area contributed by atoms with Gasteiger partial charge >= 0.3 is 5.97 Å². The number of methoxy groups -OCH3 is 3. The molecule has 7 nitrogen and oxygen atoms in total. The van der Waals surface area contributed by atoms with Gasteiger partial charge in [0.25, 0.3) is 5.91 Å². The van der Waals surface area contributed by atoms with Crippen LogP contribution in [0.5, 0.6) is 11.5 Å². The second-order valence-electron chi connectivity index (χ2n) is 6.18. The zero-order chi connectivity index (χ0) is 21.7. The summed E-state index contributed by atoms with van der Waals surface area (Å²) in [5, 5.41) is 0.571. The van der Waals surface area contributed by atoms with E-state index in [9.17, 15) is 9.59 Å². The number of carbonyl (C=O) groups is 2. The maximum atomic E-state index is 12.9. The monoisotopic (exact) mass is 426 g/mol. The Morgan fingerprint density at radius 3 is 2.43 bits per heavy atom. The van der Waals surface area contributed by atoms with E-state index in [2.05, 4.69) is 4.99 Å². The molecule has 2 aromatic carbocycles. The van der Waals surface area contributed by atoms with Crippen LogP contribution in [0.15, 0.2) is 52.4 Å². The number of benzene rings is 2. The van der Waals surface area contributed by atoms with E-state index >= 15 is 0 Å². The van der Waals surface area contributed by atoms with Crippen LogP contribution in [0.1, 0.15) is 22.8 Å². The van der Waals surface area contributed by atoms with Gasteiger partial charge in [0.1, 0.15) is 0 Å². The first-order valence-electron chi connectivity index (χ1n) is 9.21. The fourth-order valence-corrected chi connectivity index (χ4v) is 3.99. The molecule has 30 heavy (non-hydrogen) atoms. The van der Waals surface area contributed by atoms with Gasteiger partial charge in [0.05, 0.1) is 37.5 Å². The van der Waals surface area contributed by atoms with Crippen molar-refractivity contribution >= 4 is 40.6 Å². The number of thioether (sulfide) groups is 1. The van der Waals surface area contributed by atoms with Gasteiger partial charge in [-0.1, -0.05) is 12.1 Å². The average molecular weight is 426 g/mol. The first-order chi connectivity index (χ1) is 14.5. The molecule has 0 aliphatic carbocycles. The van der Waals surface area contributed by atoms with Gasteiger partial charge in [-0.3, -0.25) is 9.69 Å². The second-order valence-corrected chi connectivity index (χ2v) is 7.18. The molecule has 1 aliphatic heterocycles. The molecule has 0 unspecified atom stereocenters. The van der Waals surface area contributed by atoms with E-state index in [1.807, 2.05) is 19.1 Å². The smallest absolute Gasteiger partial charge is 0.337 e. The second kappa shape index (κ2) is 9.49. The molecule has 0 N–H and O–H groups in total. The number of ether oxygens (including phenoxy) is 3. The molecular weight excluding hydrogens is 404 g/mol. The van der Waals surface area contributed by atoms with E-state index in [4.69, 9.17) is 14.2 Å². The molecule has 3 rings (SSSR count). The minimum absolute atomic E-state index is 0.127. The van der Waals surface area contributed by atoms with Gasteiger partial charge in [-0.05, 0) is 55.1 Å². The average Bonchev–Trinajstić information content (AvgIpc) is 3.07. The normalized spacial score (nSPS) is 16.3. The Morgan fingerprint density at radius 1 is 1.10 bits per heavy atom. The number of aliphatic imine (C=N–C) groups is 1. The minimum Gasteiger partial charge on any atom is -0.493 e. The highest BCUT2D eigenvalue weighted by Gasteiger charge is 2.32. The van der Waals surface area contributed by atoms with Crippen molar-refractivity contribution in [2.45, 2.75) is 6.92 Å². The van der Waals surface area contributed by atoms with E-state index in [1.54, 1.807) is 55.5 Å². The lowest BCUT2D eigenvalue weighted by Crippen LogP contribution is -2.28. The lowest BCUT2D eigenvalue weighted by Gasteiger charge is -2.12. The summed E-state index contributed by atoms with van der Waals surface area (Å²) in [4.78, 5) is 31.2. The number of likely N-dealkylation sites (N-methyl/N-ethyl adjacent to an activating group) is 1. The Bertz CT molecular complexity index is 1010. The van der Waals surface area contributed by atoms with Crippen molar-refractivity contribution in [1.29, 1.82) is 0 Å². The highest BCUT2D eigenvalue weighted by Crippen LogP contribution is 2.38. The Hall–Kier alpha value is -3.26. The molecule has 1 fully saturated rings. The van der Waals surface area contributed by atoms with Gasteiger partial charge in [-0.15, -0.1) is 0 Å². The number of esters is 1. The Labute approximate surface area is 179 Å². The van der Waals surface area contributed by atoms with Crippen LogP contribution >= 0.6 is 11.8 Å². The predicted octanol–water partition coefficient (Wildman–Crippen LogP) is 4.11. The number of amidine groups is 1. The molecule has 0 aromatic heterocycles. The zero-order valence-corrected chi connectivity index (χ0v) is 18.0. The SMILES string of the molecule is CCN1C(=O)/C(=C\c2cccc(OC)c2OC)SC1=Nc1ccc(C(=O)OC)cc1. The first-order valence-corrected chi connectivity index (χ1v) is 10.0. The molecule has 156 valence electrons. The maximum Gasteiger partial charge on any atom is 0.337 e. The molecule has 8 heteroatoms. The van der Waals surface area contributed by atoms with Crippen LogP contribution in [0.2, 0.25) is 0 Å². The standard InChI is InChI=1S/C22H22N2O5S/c1-5-24-20(25)18(13-15-7-6-8-17(27-2)19(15)28-3)30-22(24)23-16-11-9-14(10-12-16)21(26)29-4/h6-13H,5H2,1-4H3/b18-13+,23-22?. The Kier molecular flexibility index (Phi) is 6.79. The molecule has 1 amide bonds. The molecule has 0 spiro atoms. The Morgan fingerprint density at radius 2 is 1.83 bits per heavy atom. The topological polar surface area (TPSA) is 77.4 Å². The quantitative estimate of drug-likeness (QED) is 0.511. The third kappa shape index (κ3) is 4.33. The van der Waals surface area contributed by atoms with Crippen molar-refractivity contribution in [1.82, 2.24) is 4.90 Å². The van der Waals surface area contributed by atoms with Crippen LogP contribution in [-0.4, -0.2) is 49.8 Å². The first kappa shape index (κ1) is 21.4. The summed E-state index contributed by atoms with van der Waals surface area (Å²) in [6.07, 6.45) is 1.78. The Balaban J connectivity index is 1.93. The van der Waals surface area contributed by atoms with Crippen LogP contribution in [0, 0.1) is 0 Å². The summed E-state index contributed by atoms with van der Waals surface area (Å²) in [5.74, 6) is 0.617. The predicted molar refractivity (Wildman–Crippen MR) is 117 cm³/mol. The third-order valence-electron chi connectivity index (χ3n) is 4.44. The number of nitrogens with zero attached hydrogens (tertiary/aromatic N) is 2. The summed E-state index contributed by atoms with van der Waals surface area (Å²) in [6.45, 7) is 2.38. The van der Waals surface area contributed by atoms with Gasteiger partial charge in [0, 0.05) is 12.1 Å². The van der Waals surface area contributed by atoms with Crippen LogP contribution in [0.3, 0.4) is 0 Å². The van der Waals surface area contributed by atoms with Crippen molar-refractivity contribution in [2.24, 2.45) is 4.99 Å². The van der Waals surface area contributed by atoms with E-state index in [0.717, 1.165) is 5.56 Å². The van der Waals surface area contributed by atoms with E-state index in [-0.39, 0.29) is 5.91 Å².